The molecule has 1 rings (SSSR count). The number of nitrogen functional groups attached to an aromatic ring is 1. The number of hydrogen-bond donors (Lipinski definition) is 1. The third kappa shape index (κ3) is 3.44. The molecule has 0 aliphatic carbocycles. The summed E-state index contributed by atoms with van der Waals surface area (Å²) in [6, 6.07) is 3.90. The first-order valence-corrected chi connectivity index (χ1v) is 5.22. The zero-order valence-electron chi connectivity index (χ0n) is 9.67. The molecule has 0 aliphatic rings. The van der Waals surface area contributed by atoms with Gasteiger partial charge < -0.3 is 15.2 Å². The SMILES string of the molecule is CCOCCOc1cc(C)c(N)cc1C. The molecule has 1 aromatic carbocycles. The van der Waals surface area contributed by atoms with Crippen LogP contribution in [0.5, 0.6) is 5.75 Å². The Balaban J connectivity index is 2.57. The molecule has 0 atom stereocenters. The van der Waals surface area contributed by atoms with Crippen molar-refractivity contribution in [3.8, 4) is 5.75 Å². The molecule has 0 unspecified atom stereocenters. The van der Waals surface area contributed by atoms with Gasteiger partial charge in [0, 0.05) is 12.3 Å². The third-order valence-corrected chi connectivity index (χ3v) is 2.25. The predicted molar refractivity (Wildman–Crippen MR) is 62.3 cm³/mol. The van der Waals surface area contributed by atoms with Crippen LogP contribution in [0, 0.1) is 13.8 Å². The summed E-state index contributed by atoms with van der Waals surface area (Å²) in [5, 5.41) is 0. The second kappa shape index (κ2) is 5.61. The van der Waals surface area contributed by atoms with Crippen molar-refractivity contribution in [1.29, 1.82) is 0 Å². The topological polar surface area (TPSA) is 44.5 Å². The summed E-state index contributed by atoms with van der Waals surface area (Å²) in [6.07, 6.45) is 0. The number of benzene rings is 1. The predicted octanol–water partition coefficient (Wildman–Crippen LogP) is 2.30. The van der Waals surface area contributed by atoms with Gasteiger partial charge in [0.1, 0.15) is 12.4 Å². The zero-order chi connectivity index (χ0) is 11.3. The molecule has 1 aromatic rings. The van der Waals surface area contributed by atoms with Crippen LogP contribution in [0.1, 0.15) is 18.1 Å². The van der Waals surface area contributed by atoms with E-state index in [-0.39, 0.29) is 0 Å². The Morgan fingerprint density at radius 2 is 1.87 bits per heavy atom. The van der Waals surface area contributed by atoms with E-state index in [1.807, 2.05) is 32.9 Å². The molecule has 3 nitrogen and oxygen atoms in total. The number of ether oxygens (including phenoxy) is 2. The lowest BCUT2D eigenvalue weighted by Crippen LogP contribution is -2.07. The van der Waals surface area contributed by atoms with Crippen LogP contribution in [0.25, 0.3) is 0 Å². The highest BCUT2D eigenvalue weighted by Crippen LogP contribution is 2.23. The first kappa shape index (κ1) is 11.9. The van der Waals surface area contributed by atoms with Gasteiger partial charge >= 0.3 is 0 Å². The molecule has 0 aliphatic heterocycles. The summed E-state index contributed by atoms with van der Waals surface area (Å²) in [5.74, 6) is 0.890. The highest BCUT2D eigenvalue weighted by molar-refractivity contribution is 5.53. The van der Waals surface area contributed by atoms with Gasteiger partial charge in [0.05, 0.1) is 6.61 Å². The van der Waals surface area contributed by atoms with Gasteiger partial charge in [-0.05, 0) is 44.0 Å². The van der Waals surface area contributed by atoms with Crippen molar-refractivity contribution in [2.75, 3.05) is 25.6 Å². The van der Waals surface area contributed by atoms with Crippen LogP contribution < -0.4 is 10.5 Å². The number of nitrogens with two attached hydrogens (primary N) is 1. The van der Waals surface area contributed by atoms with E-state index < -0.39 is 0 Å². The number of aryl methyl sites for hydroxylation is 2. The monoisotopic (exact) mass is 209 g/mol. The van der Waals surface area contributed by atoms with Crippen molar-refractivity contribution in [3.63, 3.8) is 0 Å². The fraction of sp³-hybridized carbons (Fsp3) is 0.500. The Kier molecular flexibility index (Phi) is 4.43. The molecule has 0 bridgehead atoms. The second-order valence-electron chi connectivity index (χ2n) is 3.52. The van der Waals surface area contributed by atoms with Gasteiger partial charge in [-0.25, -0.2) is 0 Å². The minimum atomic E-state index is 0.581. The van der Waals surface area contributed by atoms with Gasteiger partial charge in [-0.15, -0.1) is 0 Å². The average Bonchev–Trinajstić information content (AvgIpc) is 2.20. The van der Waals surface area contributed by atoms with Gasteiger partial charge in [0.2, 0.25) is 0 Å². The van der Waals surface area contributed by atoms with Gasteiger partial charge in [-0.1, -0.05) is 0 Å². The van der Waals surface area contributed by atoms with Crippen LogP contribution in [0.4, 0.5) is 5.69 Å². The lowest BCUT2D eigenvalue weighted by molar-refractivity contribution is 0.110. The van der Waals surface area contributed by atoms with Crippen molar-refractivity contribution in [2.45, 2.75) is 20.8 Å². The van der Waals surface area contributed by atoms with Gasteiger partial charge in [-0.2, -0.15) is 0 Å². The molecule has 0 amide bonds. The van der Waals surface area contributed by atoms with E-state index in [9.17, 15) is 0 Å². The molecule has 15 heavy (non-hydrogen) atoms. The standard InChI is InChI=1S/C12H19NO2/c1-4-14-5-6-15-12-8-9(2)11(13)7-10(12)3/h7-8H,4-6,13H2,1-3H3. The van der Waals surface area contributed by atoms with Gasteiger partial charge in [0.15, 0.2) is 0 Å². The van der Waals surface area contributed by atoms with Crippen molar-refractivity contribution in [3.05, 3.63) is 23.3 Å². The normalized spacial score (nSPS) is 10.3. The summed E-state index contributed by atoms with van der Waals surface area (Å²) >= 11 is 0. The molecule has 0 aromatic heterocycles. The van der Waals surface area contributed by atoms with E-state index >= 15 is 0 Å². The fourth-order valence-electron chi connectivity index (χ4n) is 1.32. The van der Waals surface area contributed by atoms with Crippen molar-refractivity contribution >= 4 is 5.69 Å². The molecule has 0 saturated carbocycles. The highest BCUT2D eigenvalue weighted by Gasteiger charge is 2.02. The molecular weight excluding hydrogens is 190 g/mol. The summed E-state index contributed by atoms with van der Waals surface area (Å²) in [6.45, 7) is 7.87. The Hall–Kier alpha value is -1.22. The van der Waals surface area contributed by atoms with Crippen molar-refractivity contribution < 1.29 is 9.47 Å². The smallest absolute Gasteiger partial charge is 0.122 e. The summed E-state index contributed by atoms with van der Waals surface area (Å²) in [5.41, 5.74) is 8.71. The largest absolute Gasteiger partial charge is 0.491 e. The molecule has 0 spiro atoms. The van der Waals surface area contributed by atoms with E-state index in [4.69, 9.17) is 15.2 Å². The maximum Gasteiger partial charge on any atom is 0.122 e. The molecule has 0 heterocycles. The fourth-order valence-corrected chi connectivity index (χ4v) is 1.32. The lowest BCUT2D eigenvalue weighted by Gasteiger charge is -2.11. The molecule has 84 valence electrons. The molecule has 3 heteroatoms. The van der Waals surface area contributed by atoms with E-state index in [1.165, 1.54) is 0 Å². The van der Waals surface area contributed by atoms with Crippen molar-refractivity contribution in [2.24, 2.45) is 0 Å². The number of hydrogen-bond acceptors (Lipinski definition) is 3. The Bertz CT molecular complexity index is 324. The highest BCUT2D eigenvalue weighted by atomic mass is 16.5. The minimum Gasteiger partial charge on any atom is -0.491 e. The maximum atomic E-state index is 5.79. The molecular formula is C12H19NO2. The van der Waals surface area contributed by atoms with E-state index in [2.05, 4.69) is 0 Å². The zero-order valence-corrected chi connectivity index (χ0v) is 9.67. The van der Waals surface area contributed by atoms with Gasteiger partial charge in [-0.3, -0.25) is 0 Å². The van der Waals surface area contributed by atoms with Crippen LogP contribution in [0.3, 0.4) is 0 Å². The summed E-state index contributed by atoms with van der Waals surface area (Å²) < 4.78 is 10.8. The second-order valence-corrected chi connectivity index (χ2v) is 3.52. The van der Waals surface area contributed by atoms with Crippen LogP contribution in [-0.2, 0) is 4.74 Å². The van der Waals surface area contributed by atoms with Crippen LogP contribution in [0.2, 0.25) is 0 Å². The molecule has 0 fully saturated rings. The van der Waals surface area contributed by atoms with E-state index in [0.717, 1.165) is 29.2 Å². The Morgan fingerprint density at radius 1 is 1.13 bits per heavy atom. The maximum absolute atomic E-state index is 5.79. The van der Waals surface area contributed by atoms with Crippen LogP contribution in [0.15, 0.2) is 12.1 Å². The summed E-state index contributed by atoms with van der Waals surface area (Å²) in [7, 11) is 0. The van der Waals surface area contributed by atoms with E-state index in [0.29, 0.717) is 13.2 Å². The molecule has 0 radical (unpaired) electrons. The van der Waals surface area contributed by atoms with Gasteiger partial charge in [0.25, 0.3) is 0 Å². The third-order valence-electron chi connectivity index (χ3n) is 2.25. The van der Waals surface area contributed by atoms with Crippen LogP contribution >= 0.6 is 0 Å². The molecule has 0 saturated heterocycles. The summed E-state index contributed by atoms with van der Waals surface area (Å²) in [4.78, 5) is 0. The molecule has 2 N–H and O–H groups in total. The number of rotatable bonds is 5. The van der Waals surface area contributed by atoms with Crippen LogP contribution in [-0.4, -0.2) is 19.8 Å². The first-order chi connectivity index (χ1) is 7.15. The lowest BCUT2D eigenvalue weighted by atomic mass is 10.1. The van der Waals surface area contributed by atoms with Crippen molar-refractivity contribution in [1.82, 2.24) is 0 Å². The number of anilines is 1. The Morgan fingerprint density at radius 3 is 2.53 bits per heavy atom. The quantitative estimate of drug-likeness (QED) is 0.598. The van der Waals surface area contributed by atoms with E-state index in [1.54, 1.807) is 0 Å². The average molecular weight is 209 g/mol. The Labute approximate surface area is 91.2 Å². The minimum absolute atomic E-state index is 0.581. The first-order valence-electron chi connectivity index (χ1n) is 5.22.